The molecule has 1 heterocycles. The number of halogens is 3. The fraction of sp³-hybridized carbons (Fsp3) is 0.133. The lowest BCUT2D eigenvalue weighted by Crippen LogP contribution is -2.14. The normalized spacial score (nSPS) is 11.0. The molecule has 0 radical (unpaired) electrons. The second-order valence-corrected chi connectivity index (χ2v) is 4.45. The Labute approximate surface area is 129 Å². The van der Waals surface area contributed by atoms with Crippen molar-refractivity contribution in [1.29, 1.82) is 0 Å². The van der Waals surface area contributed by atoms with E-state index in [1.807, 2.05) is 0 Å². The first-order valence-corrected chi connectivity index (χ1v) is 6.34. The van der Waals surface area contributed by atoms with Crippen LogP contribution in [0.25, 0.3) is 0 Å². The lowest BCUT2D eigenvalue weighted by atomic mass is 10.2. The molecule has 23 heavy (non-hydrogen) atoms. The molecule has 1 N–H and O–H groups in total. The number of hydrogen-bond donors (Lipinski definition) is 1. The predicted octanol–water partition coefficient (Wildman–Crippen LogP) is 3.14. The van der Waals surface area contributed by atoms with Crippen molar-refractivity contribution in [2.45, 2.75) is 6.18 Å². The lowest BCUT2D eigenvalue weighted by molar-refractivity contribution is -0.137. The van der Waals surface area contributed by atoms with Crippen molar-refractivity contribution in [3.05, 3.63) is 59.4 Å². The SMILES string of the molecule is COC(=O)c1ccc(C(=O)Nc2ccc(C(F)(F)F)cc2)nc1. The van der Waals surface area contributed by atoms with E-state index >= 15 is 0 Å². The number of methoxy groups -OCH3 is 1. The number of hydrogen-bond acceptors (Lipinski definition) is 4. The Hall–Kier alpha value is -2.90. The molecular weight excluding hydrogens is 313 g/mol. The molecule has 1 aromatic heterocycles. The van der Waals surface area contributed by atoms with Crippen molar-refractivity contribution in [3.63, 3.8) is 0 Å². The summed E-state index contributed by atoms with van der Waals surface area (Å²) in [4.78, 5) is 27.0. The second kappa shape index (κ2) is 6.47. The van der Waals surface area contributed by atoms with Gasteiger partial charge >= 0.3 is 12.1 Å². The maximum absolute atomic E-state index is 12.4. The van der Waals surface area contributed by atoms with Gasteiger partial charge < -0.3 is 10.1 Å². The molecule has 0 unspecified atom stereocenters. The van der Waals surface area contributed by atoms with Gasteiger partial charge in [-0.2, -0.15) is 13.2 Å². The van der Waals surface area contributed by atoms with Gasteiger partial charge in [-0.15, -0.1) is 0 Å². The van der Waals surface area contributed by atoms with Crippen LogP contribution in [0, 0.1) is 0 Å². The van der Waals surface area contributed by atoms with Gasteiger partial charge in [-0.1, -0.05) is 0 Å². The van der Waals surface area contributed by atoms with Crippen LogP contribution in [0.2, 0.25) is 0 Å². The molecule has 0 aliphatic heterocycles. The van der Waals surface area contributed by atoms with Gasteiger partial charge in [0.2, 0.25) is 0 Å². The van der Waals surface area contributed by atoms with Gasteiger partial charge in [0.1, 0.15) is 5.69 Å². The van der Waals surface area contributed by atoms with Gasteiger partial charge in [-0.25, -0.2) is 4.79 Å². The summed E-state index contributed by atoms with van der Waals surface area (Å²) in [6, 6.07) is 6.69. The highest BCUT2D eigenvalue weighted by molar-refractivity contribution is 6.03. The molecule has 2 rings (SSSR count). The van der Waals surface area contributed by atoms with Gasteiger partial charge in [-0.05, 0) is 36.4 Å². The van der Waals surface area contributed by atoms with Gasteiger partial charge in [0.05, 0.1) is 18.2 Å². The summed E-state index contributed by atoms with van der Waals surface area (Å²) < 4.78 is 41.8. The van der Waals surface area contributed by atoms with E-state index in [4.69, 9.17) is 0 Å². The molecule has 8 heteroatoms. The van der Waals surface area contributed by atoms with Crippen molar-refractivity contribution in [3.8, 4) is 0 Å². The molecule has 0 bridgehead atoms. The molecule has 0 spiro atoms. The van der Waals surface area contributed by atoms with Crippen LogP contribution in [0.5, 0.6) is 0 Å². The standard InChI is InChI=1S/C15H11F3N2O3/c1-23-14(22)9-2-7-12(19-8-9)13(21)20-11-5-3-10(4-6-11)15(16,17)18/h2-8H,1H3,(H,20,21). The zero-order valence-electron chi connectivity index (χ0n) is 11.8. The van der Waals surface area contributed by atoms with Crippen LogP contribution < -0.4 is 5.32 Å². The summed E-state index contributed by atoms with van der Waals surface area (Å²) in [5, 5.41) is 2.41. The van der Waals surface area contributed by atoms with E-state index in [1.54, 1.807) is 0 Å². The summed E-state index contributed by atoms with van der Waals surface area (Å²) in [6.45, 7) is 0. The molecule has 0 saturated heterocycles. The Morgan fingerprint density at radius 1 is 1.09 bits per heavy atom. The van der Waals surface area contributed by atoms with Crippen molar-refractivity contribution in [1.82, 2.24) is 4.98 Å². The van der Waals surface area contributed by atoms with Crippen LogP contribution in [-0.2, 0) is 10.9 Å². The Bertz CT molecular complexity index is 710. The first-order valence-electron chi connectivity index (χ1n) is 6.34. The van der Waals surface area contributed by atoms with E-state index in [1.165, 1.54) is 25.4 Å². The number of nitrogens with zero attached hydrogens (tertiary/aromatic N) is 1. The number of aromatic nitrogens is 1. The first-order chi connectivity index (χ1) is 10.8. The maximum atomic E-state index is 12.4. The Morgan fingerprint density at radius 3 is 2.22 bits per heavy atom. The van der Waals surface area contributed by atoms with Gasteiger partial charge in [0, 0.05) is 11.9 Å². The van der Waals surface area contributed by atoms with E-state index in [-0.39, 0.29) is 16.9 Å². The predicted molar refractivity (Wildman–Crippen MR) is 75.0 cm³/mol. The van der Waals surface area contributed by atoms with Gasteiger partial charge in [0.15, 0.2) is 0 Å². The van der Waals surface area contributed by atoms with E-state index in [0.717, 1.165) is 24.3 Å². The molecule has 1 amide bonds. The number of anilines is 1. The number of amides is 1. The number of rotatable bonds is 3. The lowest BCUT2D eigenvalue weighted by Gasteiger charge is -2.08. The Morgan fingerprint density at radius 2 is 1.74 bits per heavy atom. The molecule has 1 aromatic carbocycles. The summed E-state index contributed by atoms with van der Waals surface area (Å²) in [6.07, 6.45) is -3.26. The monoisotopic (exact) mass is 324 g/mol. The number of carbonyl (C=O) groups is 2. The number of alkyl halides is 3. The van der Waals surface area contributed by atoms with Crippen molar-refractivity contribution in [2.24, 2.45) is 0 Å². The minimum Gasteiger partial charge on any atom is -0.465 e. The molecule has 0 fully saturated rings. The zero-order valence-corrected chi connectivity index (χ0v) is 11.8. The van der Waals surface area contributed by atoms with Crippen LogP contribution in [0.3, 0.4) is 0 Å². The number of nitrogens with one attached hydrogen (secondary N) is 1. The zero-order chi connectivity index (χ0) is 17.0. The van der Waals surface area contributed by atoms with Gasteiger partial charge in [0.25, 0.3) is 5.91 Å². The van der Waals surface area contributed by atoms with Crippen LogP contribution in [0.4, 0.5) is 18.9 Å². The molecule has 0 aliphatic carbocycles. The maximum Gasteiger partial charge on any atom is 0.416 e. The van der Waals surface area contributed by atoms with Crippen LogP contribution in [-0.4, -0.2) is 24.0 Å². The summed E-state index contributed by atoms with van der Waals surface area (Å²) in [5.41, 5.74) is -0.422. The van der Waals surface area contributed by atoms with E-state index in [9.17, 15) is 22.8 Å². The minimum atomic E-state index is -4.44. The fourth-order valence-corrected chi connectivity index (χ4v) is 1.70. The average molecular weight is 324 g/mol. The second-order valence-electron chi connectivity index (χ2n) is 4.45. The highest BCUT2D eigenvalue weighted by atomic mass is 19.4. The quantitative estimate of drug-likeness (QED) is 0.881. The largest absolute Gasteiger partial charge is 0.465 e. The first kappa shape index (κ1) is 16.5. The highest BCUT2D eigenvalue weighted by Crippen LogP contribution is 2.29. The third kappa shape index (κ3) is 4.06. The number of pyridine rings is 1. The van der Waals surface area contributed by atoms with Crippen LogP contribution in [0.15, 0.2) is 42.6 Å². The number of carbonyl (C=O) groups excluding carboxylic acids is 2. The molecular formula is C15H11F3N2O3. The molecule has 0 saturated carbocycles. The number of benzene rings is 1. The van der Waals surface area contributed by atoms with Crippen LogP contribution in [0.1, 0.15) is 26.4 Å². The Balaban J connectivity index is 2.08. The smallest absolute Gasteiger partial charge is 0.416 e. The summed E-state index contributed by atoms with van der Waals surface area (Å²) in [7, 11) is 1.22. The van der Waals surface area contributed by atoms with Crippen LogP contribution >= 0.6 is 0 Å². The van der Waals surface area contributed by atoms with Crippen molar-refractivity contribution >= 4 is 17.6 Å². The van der Waals surface area contributed by atoms with Gasteiger partial charge in [-0.3, -0.25) is 9.78 Å². The fourth-order valence-electron chi connectivity index (χ4n) is 1.70. The third-order valence-corrected chi connectivity index (χ3v) is 2.89. The summed E-state index contributed by atoms with van der Waals surface area (Å²) in [5.74, 6) is -1.20. The highest BCUT2D eigenvalue weighted by Gasteiger charge is 2.30. The van der Waals surface area contributed by atoms with Crippen molar-refractivity contribution < 1.29 is 27.5 Å². The summed E-state index contributed by atoms with van der Waals surface area (Å²) >= 11 is 0. The topological polar surface area (TPSA) is 68.3 Å². The molecule has 2 aromatic rings. The van der Waals surface area contributed by atoms with E-state index < -0.39 is 23.6 Å². The molecule has 0 atom stereocenters. The third-order valence-electron chi connectivity index (χ3n) is 2.89. The average Bonchev–Trinajstić information content (AvgIpc) is 2.54. The van der Waals surface area contributed by atoms with E-state index in [2.05, 4.69) is 15.0 Å². The Kier molecular flexibility index (Phi) is 4.63. The molecule has 0 aliphatic rings. The number of ether oxygens (including phenoxy) is 1. The molecule has 5 nitrogen and oxygen atoms in total. The van der Waals surface area contributed by atoms with Crippen molar-refractivity contribution in [2.75, 3.05) is 12.4 Å². The minimum absolute atomic E-state index is 0.0116. The molecule has 120 valence electrons. The van der Waals surface area contributed by atoms with E-state index in [0.29, 0.717) is 0 Å². The number of esters is 1.